The van der Waals surface area contributed by atoms with Crippen LogP contribution in [0.3, 0.4) is 0 Å². The van der Waals surface area contributed by atoms with Crippen LogP contribution in [-0.4, -0.2) is 68.5 Å². The average Bonchev–Trinajstić information content (AvgIpc) is 2.88. The number of tetrazole rings is 1. The lowest BCUT2D eigenvalue weighted by molar-refractivity contribution is 0.0523. The standard InChI is InChI=1S/C11H19N5OS2/c1-9-6-15(2-3-17-9)11-12-13-14-16(11)7-10-8-18-4-5-19-10/h9-10H,2-8H2,1H3. The summed E-state index contributed by atoms with van der Waals surface area (Å²) >= 11 is 4.07. The minimum absolute atomic E-state index is 0.249. The third kappa shape index (κ3) is 3.35. The minimum atomic E-state index is 0.249. The summed E-state index contributed by atoms with van der Waals surface area (Å²) in [6.45, 7) is 5.49. The van der Waals surface area contributed by atoms with Gasteiger partial charge in [-0.2, -0.15) is 23.5 Å². The lowest BCUT2D eigenvalue weighted by atomic mass is 10.3. The predicted molar refractivity (Wildman–Crippen MR) is 79.0 cm³/mol. The molecule has 19 heavy (non-hydrogen) atoms. The van der Waals surface area contributed by atoms with Crippen molar-refractivity contribution in [2.75, 3.05) is 41.9 Å². The highest BCUT2D eigenvalue weighted by atomic mass is 32.2. The zero-order valence-electron chi connectivity index (χ0n) is 11.1. The summed E-state index contributed by atoms with van der Waals surface area (Å²) in [6.07, 6.45) is 0.249. The van der Waals surface area contributed by atoms with Crippen LogP contribution >= 0.6 is 23.5 Å². The summed E-state index contributed by atoms with van der Waals surface area (Å²) < 4.78 is 7.53. The van der Waals surface area contributed by atoms with Gasteiger partial charge in [0.05, 0.1) is 19.3 Å². The van der Waals surface area contributed by atoms with Crippen molar-refractivity contribution in [1.29, 1.82) is 0 Å². The third-order valence-electron chi connectivity index (χ3n) is 3.30. The maximum absolute atomic E-state index is 5.57. The van der Waals surface area contributed by atoms with Crippen molar-refractivity contribution in [3.63, 3.8) is 0 Å². The molecule has 0 aromatic carbocycles. The zero-order valence-corrected chi connectivity index (χ0v) is 12.7. The van der Waals surface area contributed by atoms with Crippen molar-refractivity contribution in [2.45, 2.75) is 24.8 Å². The minimum Gasteiger partial charge on any atom is -0.375 e. The molecule has 2 aliphatic heterocycles. The molecule has 8 heteroatoms. The fraction of sp³-hybridized carbons (Fsp3) is 0.909. The van der Waals surface area contributed by atoms with Gasteiger partial charge in [0.25, 0.3) is 0 Å². The molecule has 3 rings (SSSR count). The van der Waals surface area contributed by atoms with E-state index in [9.17, 15) is 0 Å². The lowest BCUT2D eigenvalue weighted by Gasteiger charge is -2.31. The number of morpholine rings is 1. The molecule has 2 aliphatic rings. The highest BCUT2D eigenvalue weighted by molar-refractivity contribution is 8.06. The molecule has 0 aliphatic carbocycles. The number of anilines is 1. The second kappa shape index (κ2) is 6.32. The summed E-state index contributed by atoms with van der Waals surface area (Å²) in [5.41, 5.74) is 0. The van der Waals surface area contributed by atoms with Crippen molar-refractivity contribution in [3.05, 3.63) is 0 Å². The van der Waals surface area contributed by atoms with Crippen molar-refractivity contribution >= 4 is 29.5 Å². The van der Waals surface area contributed by atoms with Gasteiger partial charge >= 0.3 is 0 Å². The molecule has 6 nitrogen and oxygen atoms in total. The number of aromatic nitrogens is 4. The number of hydrogen-bond acceptors (Lipinski definition) is 7. The molecule has 0 N–H and O–H groups in total. The number of thioether (sulfide) groups is 2. The maximum atomic E-state index is 5.57. The lowest BCUT2D eigenvalue weighted by Crippen LogP contribution is -2.42. The van der Waals surface area contributed by atoms with Crippen LogP contribution in [0.5, 0.6) is 0 Å². The van der Waals surface area contributed by atoms with Gasteiger partial charge in [-0.1, -0.05) is 5.10 Å². The molecular formula is C11H19N5OS2. The molecule has 0 radical (unpaired) electrons. The van der Waals surface area contributed by atoms with E-state index in [-0.39, 0.29) is 6.10 Å². The van der Waals surface area contributed by atoms with Gasteiger partial charge in [-0.3, -0.25) is 0 Å². The zero-order chi connectivity index (χ0) is 13.1. The van der Waals surface area contributed by atoms with Crippen molar-refractivity contribution in [1.82, 2.24) is 20.2 Å². The fourth-order valence-electron chi connectivity index (χ4n) is 2.38. The molecule has 106 valence electrons. The molecule has 2 fully saturated rings. The molecule has 2 atom stereocenters. The smallest absolute Gasteiger partial charge is 0.245 e. The van der Waals surface area contributed by atoms with Crippen LogP contribution in [0.25, 0.3) is 0 Å². The topological polar surface area (TPSA) is 56.1 Å². The van der Waals surface area contributed by atoms with Gasteiger partial charge in [0, 0.05) is 35.6 Å². The first kappa shape index (κ1) is 13.5. The van der Waals surface area contributed by atoms with E-state index in [2.05, 4.69) is 27.3 Å². The number of rotatable bonds is 3. The Balaban J connectivity index is 1.67. The Morgan fingerprint density at radius 3 is 3.16 bits per heavy atom. The predicted octanol–water partition coefficient (Wildman–Crippen LogP) is 0.747. The van der Waals surface area contributed by atoms with Crippen LogP contribution in [0.15, 0.2) is 0 Å². The molecular weight excluding hydrogens is 282 g/mol. The van der Waals surface area contributed by atoms with E-state index in [0.29, 0.717) is 5.25 Å². The van der Waals surface area contributed by atoms with Crippen LogP contribution < -0.4 is 4.90 Å². The van der Waals surface area contributed by atoms with Crippen LogP contribution in [-0.2, 0) is 11.3 Å². The first-order valence-electron chi connectivity index (χ1n) is 6.65. The summed E-state index contributed by atoms with van der Waals surface area (Å²) in [4.78, 5) is 2.23. The Morgan fingerprint density at radius 1 is 1.42 bits per heavy atom. The van der Waals surface area contributed by atoms with Crippen molar-refractivity contribution < 1.29 is 4.74 Å². The van der Waals surface area contributed by atoms with E-state index in [1.807, 2.05) is 28.2 Å². The van der Waals surface area contributed by atoms with E-state index in [1.165, 1.54) is 17.3 Å². The Morgan fingerprint density at radius 2 is 2.37 bits per heavy atom. The van der Waals surface area contributed by atoms with Crippen molar-refractivity contribution in [3.8, 4) is 0 Å². The molecule has 2 unspecified atom stereocenters. The van der Waals surface area contributed by atoms with E-state index in [4.69, 9.17) is 4.74 Å². The van der Waals surface area contributed by atoms with Crippen LogP contribution in [0, 0.1) is 0 Å². The third-order valence-corrected chi connectivity index (χ3v) is 6.13. The normalized spacial score (nSPS) is 28.6. The van der Waals surface area contributed by atoms with Crippen LogP contribution in [0.2, 0.25) is 0 Å². The molecule has 0 spiro atoms. The monoisotopic (exact) mass is 301 g/mol. The SMILES string of the molecule is CC1CN(c2nnnn2CC2CSCCS2)CCO1. The van der Waals surface area contributed by atoms with Crippen LogP contribution in [0.1, 0.15) is 6.92 Å². The molecule has 2 saturated heterocycles. The largest absolute Gasteiger partial charge is 0.375 e. The van der Waals surface area contributed by atoms with E-state index >= 15 is 0 Å². The van der Waals surface area contributed by atoms with E-state index < -0.39 is 0 Å². The summed E-state index contributed by atoms with van der Waals surface area (Å²) in [7, 11) is 0. The van der Waals surface area contributed by atoms with Gasteiger partial charge in [0.15, 0.2) is 0 Å². The molecule has 0 amide bonds. The van der Waals surface area contributed by atoms with Gasteiger partial charge in [-0.15, -0.1) is 0 Å². The number of ether oxygens (including phenoxy) is 1. The number of hydrogen-bond donors (Lipinski definition) is 0. The Labute approximate surface area is 121 Å². The van der Waals surface area contributed by atoms with Crippen molar-refractivity contribution in [2.24, 2.45) is 0 Å². The van der Waals surface area contributed by atoms with Gasteiger partial charge in [0.2, 0.25) is 5.95 Å². The molecule has 1 aromatic heterocycles. The molecule has 3 heterocycles. The second-order valence-corrected chi connectivity index (χ2v) is 7.41. The fourth-order valence-corrected chi connectivity index (χ4v) is 5.02. The van der Waals surface area contributed by atoms with E-state index in [0.717, 1.165) is 32.2 Å². The molecule has 1 aromatic rings. The van der Waals surface area contributed by atoms with Gasteiger partial charge in [0.1, 0.15) is 0 Å². The highest BCUT2D eigenvalue weighted by Gasteiger charge is 2.24. The summed E-state index contributed by atoms with van der Waals surface area (Å²) in [5, 5.41) is 12.8. The Kier molecular flexibility index (Phi) is 4.49. The van der Waals surface area contributed by atoms with Gasteiger partial charge in [-0.25, -0.2) is 4.68 Å². The number of nitrogens with zero attached hydrogens (tertiary/aromatic N) is 5. The summed E-state index contributed by atoms with van der Waals surface area (Å²) in [6, 6.07) is 0. The first-order valence-corrected chi connectivity index (χ1v) is 8.85. The van der Waals surface area contributed by atoms with E-state index in [1.54, 1.807) is 0 Å². The molecule has 0 saturated carbocycles. The summed E-state index contributed by atoms with van der Waals surface area (Å²) in [5.74, 6) is 4.60. The van der Waals surface area contributed by atoms with Crippen LogP contribution in [0.4, 0.5) is 5.95 Å². The van der Waals surface area contributed by atoms with Gasteiger partial charge < -0.3 is 9.64 Å². The highest BCUT2D eigenvalue weighted by Crippen LogP contribution is 2.26. The first-order chi connectivity index (χ1) is 9.33. The quantitative estimate of drug-likeness (QED) is 0.816. The Bertz CT molecular complexity index is 410. The molecule has 0 bridgehead atoms. The average molecular weight is 301 g/mol. The Hall–Kier alpha value is -0.470. The van der Waals surface area contributed by atoms with Gasteiger partial charge in [-0.05, 0) is 17.4 Å². The maximum Gasteiger partial charge on any atom is 0.245 e. The second-order valence-electron chi connectivity index (χ2n) is 4.86.